The largest absolute Gasteiger partial charge is 0.310 e. The normalized spacial score (nSPS) is 10.8. The van der Waals surface area contributed by atoms with Crippen LogP contribution in [0.5, 0.6) is 0 Å². The molecule has 0 aliphatic carbocycles. The van der Waals surface area contributed by atoms with Crippen molar-refractivity contribution in [3.8, 4) is 5.95 Å². The summed E-state index contributed by atoms with van der Waals surface area (Å²) in [5, 5.41) is 7.06. The summed E-state index contributed by atoms with van der Waals surface area (Å²) in [7, 11) is 0. The maximum absolute atomic E-state index is 12.9. The molecule has 0 radical (unpaired) electrons. The fourth-order valence-electron chi connectivity index (χ4n) is 2.34. The fourth-order valence-corrected chi connectivity index (χ4v) is 3.04. The lowest BCUT2D eigenvalue weighted by Crippen LogP contribution is -2.21. The molecule has 7 nitrogen and oxygen atoms in total. The van der Waals surface area contributed by atoms with Crippen LogP contribution in [0.1, 0.15) is 17.0 Å². The average molecular weight is 387 g/mol. The molecule has 1 amide bonds. The van der Waals surface area contributed by atoms with Crippen molar-refractivity contribution in [1.29, 1.82) is 0 Å². The zero-order valence-electron chi connectivity index (χ0n) is 15.0. The van der Waals surface area contributed by atoms with Crippen LogP contribution in [0.2, 0.25) is 0 Å². The number of nitrogens with zero attached hydrogens (tertiary/aromatic N) is 3. The Morgan fingerprint density at radius 1 is 1.26 bits per heavy atom. The standard InChI is InChI=1S/C18H18FN5O2S/c1-10-8-15(21-16(25)9-27-14-6-4-13(19)5-7-14)24(23-10)18-20-12(3)11(2)17(26)22-18/h4-8H,9H2,1-3H3,(H,21,25)(H,20,22,26). The molecule has 0 unspecified atom stereocenters. The number of aromatic amines is 1. The number of hydrogen-bond acceptors (Lipinski definition) is 5. The Balaban J connectivity index is 1.77. The molecular weight excluding hydrogens is 369 g/mol. The van der Waals surface area contributed by atoms with E-state index in [9.17, 15) is 14.0 Å². The third-order valence-corrected chi connectivity index (χ3v) is 4.88. The summed E-state index contributed by atoms with van der Waals surface area (Å²) in [6, 6.07) is 7.62. The first-order chi connectivity index (χ1) is 12.8. The van der Waals surface area contributed by atoms with Gasteiger partial charge in [-0.3, -0.25) is 14.6 Å². The molecule has 3 rings (SSSR count). The molecule has 3 aromatic rings. The van der Waals surface area contributed by atoms with E-state index >= 15 is 0 Å². The van der Waals surface area contributed by atoms with E-state index in [1.54, 1.807) is 39.0 Å². The predicted molar refractivity (Wildman–Crippen MR) is 102 cm³/mol. The van der Waals surface area contributed by atoms with Crippen molar-refractivity contribution in [3.63, 3.8) is 0 Å². The van der Waals surface area contributed by atoms with E-state index in [4.69, 9.17) is 0 Å². The van der Waals surface area contributed by atoms with Crippen LogP contribution in [0.4, 0.5) is 10.2 Å². The number of anilines is 1. The Hall–Kier alpha value is -2.94. The molecule has 0 spiro atoms. The Bertz CT molecular complexity index is 1040. The molecule has 1 aromatic carbocycles. The van der Waals surface area contributed by atoms with Crippen LogP contribution in [-0.2, 0) is 4.79 Å². The molecule has 140 valence electrons. The number of aryl methyl sites for hydroxylation is 2. The van der Waals surface area contributed by atoms with Gasteiger partial charge in [-0.25, -0.2) is 9.37 Å². The van der Waals surface area contributed by atoms with Gasteiger partial charge in [-0.2, -0.15) is 9.78 Å². The number of thioether (sulfide) groups is 1. The highest BCUT2D eigenvalue weighted by atomic mass is 32.2. The van der Waals surface area contributed by atoms with Crippen molar-refractivity contribution in [3.05, 3.63) is 63.5 Å². The molecular formula is C18H18FN5O2S. The van der Waals surface area contributed by atoms with Crippen molar-refractivity contribution in [2.45, 2.75) is 25.7 Å². The second kappa shape index (κ2) is 7.75. The van der Waals surface area contributed by atoms with Gasteiger partial charge in [0.05, 0.1) is 11.4 Å². The summed E-state index contributed by atoms with van der Waals surface area (Å²) in [6.45, 7) is 5.20. The predicted octanol–water partition coefficient (Wildman–Crippen LogP) is 2.75. The second-order valence-electron chi connectivity index (χ2n) is 5.97. The lowest BCUT2D eigenvalue weighted by Gasteiger charge is -2.09. The van der Waals surface area contributed by atoms with E-state index < -0.39 is 0 Å². The maximum atomic E-state index is 12.9. The molecule has 0 aliphatic rings. The molecule has 0 saturated carbocycles. The van der Waals surface area contributed by atoms with Gasteiger partial charge >= 0.3 is 0 Å². The summed E-state index contributed by atoms with van der Waals surface area (Å²) < 4.78 is 14.3. The highest BCUT2D eigenvalue weighted by Crippen LogP contribution is 2.19. The van der Waals surface area contributed by atoms with Crippen molar-refractivity contribution in [1.82, 2.24) is 19.7 Å². The quantitative estimate of drug-likeness (QED) is 0.657. The fraction of sp³-hybridized carbons (Fsp3) is 0.222. The van der Waals surface area contributed by atoms with E-state index in [-0.39, 0.29) is 29.0 Å². The van der Waals surface area contributed by atoms with Crippen molar-refractivity contribution < 1.29 is 9.18 Å². The number of H-pyrrole nitrogens is 1. The van der Waals surface area contributed by atoms with Gasteiger partial charge in [-0.05, 0) is 45.0 Å². The molecule has 0 bridgehead atoms. The molecule has 0 saturated heterocycles. The summed E-state index contributed by atoms with van der Waals surface area (Å²) in [5.74, 6) is 0.211. The summed E-state index contributed by atoms with van der Waals surface area (Å²) in [4.78, 5) is 32.1. The zero-order chi connectivity index (χ0) is 19.6. The van der Waals surface area contributed by atoms with Crippen LogP contribution in [0.3, 0.4) is 0 Å². The molecule has 27 heavy (non-hydrogen) atoms. The van der Waals surface area contributed by atoms with E-state index in [0.717, 1.165) is 4.90 Å². The summed E-state index contributed by atoms with van der Waals surface area (Å²) in [5.41, 5.74) is 1.53. The SMILES string of the molecule is Cc1cc(NC(=O)CSc2ccc(F)cc2)n(-c2nc(C)c(C)c(=O)[nH]2)n1. The van der Waals surface area contributed by atoms with Gasteiger partial charge in [0.2, 0.25) is 11.9 Å². The number of carbonyl (C=O) groups is 1. The smallest absolute Gasteiger partial charge is 0.255 e. The number of rotatable bonds is 5. The number of carbonyl (C=O) groups excluding carboxylic acids is 1. The van der Waals surface area contributed by atoms with Gasteiger partial charge in [-0.15, -0.1) is 11.8 Å². The number of aromatic nitrogens is 4. The van der Waals surface area contributed by atoms with Gasteiger partial charge in [0.1, 0.15) is 11.6 Å². The highest BCUT2D eigenvalue weighted by molar-refractivity contribution is 8.00. The highest BCUT2D eigenvalue weighted by Gasteiger charge is 2.14. The number of nitrogens with one attached hydrogen (secondary N) is 2. The van der Waals surface area contributed by atoms with E-state index in [1.165, 1.54) is 28.6 Å². The molecule has 0 aliphatic heterocycles. The van der Waals surface area contributed by atoms with Crippen molar-refractivity contribution in [2.24, 2.45) is 0 Å². The minimum absolute atomic E-state index is 0.146. The Labute approximate surface area is 159 Å². The number of hydrogen-bond donors (Lipinski definition) is 2. The van der Waals surface area contributed by atoms with Crippen LogP contribution in [-0.4, -0.2) is 31.4 Å². The van der Waals surface area contributed by atoms with Crippen LogP contribution >= 0.6 is 11.8 Å². The molecule has 9 heteroatoms. The van der Waals surface area contributed by atoms with Gasteiger partial charge in [0.15, 0.2) is 0 Å². The minimum atomic E-state index is -0.321. The Morgan fingerprint density at radius 3 is 2.63 bits per heavy atom. The molecule has 2 aromatic heterocycles. The first-order valence-electron chi connectivity index (χ1n) is 8.16. The Morgan fingerprint density at radius 2 is 1.96 bits per heavy atom. The number of amides is 1. The third-order valence-electron chi connectivity index (χ3n) is 3.87. The lowest BCUT2D eigenvalue weighted by molar-refractivity contribution is -0.113. The van der Waals surface area contributed by atoms with E-state index in [0.29, 0.717) is 22.8 Å². The van der Waals surface area contributed by atoms with E-state index in [2.05, 4.69) is 20.4 Å². The minimum Gasteiger partial charge on any atom is -0.310 e. The van der Waals surface area contributed by atoms with Crippen LogP contribution in [0.15, 0.2) is 40.0 Å². The van der Waals surface area contributed by atoms with Crippen molar-refractivity contribution in [2.75, 3.05) is 11.1 Å². The Kier molecular flexibility index (Phi) is 5.41. The van der Waals surface area contributed by atoms with Gasteiger partial charge in [0.25, 0.3) is 5.56 Å². The molecule has 0 fully saturated rings. The van der Waals surface area contributed by atoms with Crippen LogP contribution in [0, 0.1) is 26.6 Å². The van der Waals surface area contributed by atoms with Crippen LogP contribution < -0.4 is 10.9 Å². The molecule has 2 N–H and O–H groups in total. The summed E-state index contributed by atoms with van der Waals surface area (Å²) in [6.07, 6.45) is 0. The van der Waals surface area contributed by atoms with Crippen molar-refractivity contribution >= 4 is 23.5 Å². The molecule has 0 atom stereocenters. The lowest BCUT2D eigenvalue weighted by atomic mass is 10.3. The first-order valence-corrected chi connectivity index (χ1v) is 9.15. The maximum Gasteiger partial charge on any atom is 0.255 e. The summed E-state index contributed by atoms with van der Waals surface area (Å²) >= 11 is 1.29. The molecule has 2 heterocycles. The number of benzene rings is 1. The first kappa shape index (κ1) is 18.8. The van der Waals surface area contributed by atoms with Gasteiger partial charge in [-0.1, -0.05) is 0 Å². The second-order valence-corrected chi connectivity index (χ2v) is 7.02. The number of halogens is 1. The average Bonchev–Trinajstić information content (AvgIpc) is 2.99. The monoisotopic (exact) mass is 387 g/mol. The van der Waals surface area contributed by atoms with Gasteiger partial charge < -0.3 is 5.32 Å². The topological polar surface area (TPSA) is 92.7 Å². The van der Waals surface area contributed by atoms with Gasteiger partial charge in [0, 0.05) is 22.2 Å². The van der Waals surface area contributed by atoms with E-state index in [1.807, 2.05) is 0 Å². The van der Waals surface area contributed by atoms with Crippen LogP contribution in [0.25, 0.3) is 5.95 Å². The third kappa shape index (κ3) is 4.43. The zero-order valence-corrected chi connectivity index (χ0v) is 15.9.